The van der Waals surface area contributed by atoms with E-state index in [2.05, 4.69) is 25.1 Å². The minimum absolute atomic E-state index is 0.00338. The van der Waals surface area contributed by atoms with Crippen LogP contribution in [0.5, 0.6) is 11.8 Å². The number of rotatable bonds is 6. The second-order valence-electron chi connectivity index (χ2n) is 8.21. The van der Waals surface area contributed by atoms with Gasteiger partial charge in [0.2, 0.25) is 11.8 Å². The number of anilines is 1. The molecule has 2 atom stereocenters. The van der Waals surface area contributed by atoms with Crippen molar-refractivity contribution in [3.63, 3.8) is 0 Å². The third-order valence-corrected chi connectivity index (χ3v) is 6.53. The number of amides is 2. The monoisotopic (exact) mass is 465 g/mol. The molecule has 2 aromatic rings. The molecule has 3 heterocycles. The van der Waals surface area contributed by atoms with Gasteiger partial charge in [-0.15, -0.1) is 4.36 Å². The molecule has 1 aliphatic heterocycles. The van der Waals surface area contributed by atoms with Crippen LogP contribution in [0.4, 0.5) is 10.5 Å². The third-order valence-electron chi connectivity index (χ3n) is 5.18. The fourth-order valence-electron chi connectivity index (χ4n) is 3.42. The van der Waals surface area contributed by atoms with E-state index in [9.17, 15) is 9.00 Å². The zero-order valence-electron chi connectivity index (χ0n) is 19.2. The van der Waals surface area contributed by atoms with Crippen molar-refractivity contribution in [1.82, 2.24) is 20.1 Å². The molecule has 0 aromatic carbocycles. The van der Waals surface area contributed by atoms with Crippen molar-refractivity contribution in [2.75, 3.05) is 26.1 Å². The van der Waals surface area contributed by atoms with E-state index in [0.717, 1.165) is 5.56 Å². The first kappa shape index (κ1) is 24.0. The van der Waals surface area contributed by atoms with E-state index in [1.54, 1.807) is 17.9 Å². The number of hydrogen-bond donors (Lipinski definition) is 3. The number of carbonyl (C=O) groups is 1. The van der Waals surface area contributed by atoms with E-state index in [4.69, 9.17) is 14.6 Å². The minimum atomic E-state index is -3.59. The summed E-state index contributed by atoms with van der Waals surface area (Å²) in [5, 5.41) is 16.0. The maximum atomic E-state index is 13.2. The summed E-state index contributed by atoms with van der Waals surface area (Å²) < 4.78 is 29.5. The van der Waals surface area contributed by atoms with Gasteiger partial charge in [-0.2, -0.15) is 5.10 Å². The van der Waals surface area contributed by atoms with Crippen molar-refractivity contribution in [3.8, 4) is 11.8 Å². The summed E-state index contributed by atoms with van der Waals surface area (Å²) in [6.07, 6.45) is 1.33. The van der Waals surface area contributed by atoms with Gasteiger partial charge in [-0.1, -0.05) is 27.7 Å². The maximum absolute atomic E-state index is 13.2. The highest BCUT2D eigenvalue weighted by Gasteiger charge is 2.28. The molecule has 2 amide bonds. The van der Waals surface area contributed by atoms with Gasteiger partial charge in [-0.3, -0.25) is 0 Å². The standard InChI is InChI=1S/C20H31N7O4S/c1-11(2)14-7-16(30-6)24-17(12(3)4)18(14)25-20(28)26-32(21,29)15-8-23-27-9-13(22-5)10-31-19(15)27/h7-8,11-13,22H,9-10H2,1-6H3,(H3,21,25,26,28,29). The predicted molar refractivity (Wildman–Crippen MR) is 122 cm³/mol. The quantitative estimate of drug-likeness (QED) is 0.594. The molecule has 0 spiro atoms. The second-order valence-corrected chi connectivity index (χ2v) is 9.97. The van der Waals surface area contributed by atoms with Crippen LogP contribution < -0.4 is 25.2 Å². The molecule has 0 fully saturated rings. The van der Waals surface area contributed by atoms with Crippen molar-refractivity contribution in [3.05, 3.63) is 23.5 Å². The van der Waals surface area contributed by atoms with E-state index in [-0.39, 0.29) is 28.7 Å². The molecule has 4 N–H and O–H groups in total. The Bertz CT molecular complexity index is 1090. The van der Waals surface area contributed by atoms with Gasteiger partial charge in [0.15, 0.2) is 9.92 Å². The first-order valence-corrected chi connectivity index (χ1v) is 12.0. The number of carbonyl (C=O) groups excluding carboxylic acids is 1. The highest BCUT2D eigenvalue weighted by Crippen LogP contribution is 2.34. The molecule has 0 radical (unpaired) electrons. The molecule has 176 valence electrons. The Morgan fingerprint density at radius 2 is 2.09 bits per heavy atom. The summed E-state index contributed by atoms with van der Waals surface area (Å²) in [5.74, 6) is 0.783. The molecule has 2 unspecified atom stereocenters. The number of nitrogens with zero attached hydrogens (tertiary/aromatic N) is 4. The highest BCUT2D eigenvalue weighted by atomic mass is 32.2. The van der Waals surface area contributed by atoms with Crippen molar-refractivity contribution in [2.45, 2.75) is 57.0 Å². The Labute approximate surface area is 188 Å². The van der Waals surface area contributed by atoms with Crippen LogP contribution in [-0.4, -0.2) is 51.8 Å². The fourth-order valence-corrected chi connectivity index (χ4v) is 4.43. The van der Waals surface area contributed by atoms with E-state index < -0.39 is 15.9 Å². The van der Waals surface area contributed by atoms with Crippen LogP contribution >= 0.6 is 0 Å². The number of nitrogens with one attached hydrogen (secondary N) is 2. The predicted octanol–water partition coefficient (Wildman–Crippen LogP) is 2.45. The fraction of sp³-hybridized carbons (Fsp3) is 0.550. The van der Waals surface area contributed by atoms with Crippen LogP contribution in [-0.2, 0) is 16.5 Å². The summed E-state index contributed by atoms with van der Waals surface area (Å²) >= 11 is 0. The second kappa shape index (κ2) is 9.43. The number of fused-ring (bicyclic) bond motifs is 1. The number of hydrogen-bond acceptors (Lipinski definition) is 7. The van der Waals surface area contributed by atoms with Gasteiger partial charge in [0.05, 0.1) is 37.3 Å². The van der Waals surface area contributed by atoms with E-state index in [0.29, 0.717) is 30.4 Å². The zero-order valence-corrected chi connectivity index (χ0v) is 20.0. The lowest BCUT2D eigenvalue weighted by molar-refractivity contribution is 0.184. The van der Waals surface area contributed by atoms with Crippen molar-refractivity contribution < 1.29 is 18.5 Å². The lowest BCUT2D eigenvalue weighted by Gasteiger charge is -2.24. The minimum Gasteiger partial charge on any atom is -0.481 e. The molecular formula is C20H31N7O4S. The Kier molecular flexibility index (Phi) is 7.06. The molecule has 0 saturated heterocycles. The number of methoxy groups -OCH3 is 1. The van der Waals surface area contributed by atoms with Crippen LogP contribution in [0.15, 0.2) is 21.5 Å². The number of likely N-dealkylation sites (N-methyl/N-ethyl adjacent to an activating group) is 1. The Hall–Kier alpha value is -2.70. The van der Waals surface area contributed by atoms with Crippen molar-refractivity contribution >= 4 is 21.6 Å². The summed E-state index contributed by atoms with van der Waals surface area (Å²) in [5.41, 5.74) is 1.99. The van der Waals surface area contributed by atoms with Gasteiger partial charge < -0.3 is 20.1 Å². The highest BCUT2D eigenvalue weighted by molar-refractivity contribution is 7.91. The van der Waals surface area contributed by atoms with Gasteiger partial charge in [0.1, 0.15) is 11.5 Å². The molecule has 0 bridgehead atoms. The molecular weight excluding hydrogens is 434 g/mol. The summed E-state index contributed by atoms with van der Waals surface area (Å²) in [6.45, 7) is 8.79. The van der Waals surface area contributed by atoms with E-state index in [1.807, 2.05) is 34.7 Å². The maximum Gasteiger partial charge on any atom is 0.354 e. The smallest absolute Gasteiger partial charge is 0.354 e. The summed E-state index contributed by atoms with van der Waals surface area (Å²) in [4.78, 5) is 17.4. The van der Waals surface area contributed by atoms with Crippen LogP contribution in [0.3, 0.4) is 0 Å². The van der Waals surface area contributed by atoms with Gasteiger partial charge in [-0.25, -0.2) is 23.8 Å². The summed E-state index contributed by atoms with van der Waals surface area (Å²) in [6, 6.07) is 0.999. The normalized spacial score (nSPS) is 17.5. The number of ether oxygens (including phenoxy) is 2. The number of pyridine rings is 1. The van der Waals surface area contributed by atoms with E-state index in [1.165, 1.54) is 6.20 Å². The van der Waals surface area contributed by atoms with Crippen molar-refractivity contribution in [1.29, 1.82) is 0 Å². The van der Waals surface area contributed by atoms with Crippen LogP contribution in [0, 0.1) is 0 Å². The van der Waals surface area contributed by atoms with Gasteiger partial charge in [-0.05, 0) is 24.4 Å². The average molecular weight is 466 g/mol. The Morgan fingerprint density at radius 1 is 1.38 bits per heavy atom. The van der Waals surface area contributed by atoms with Crippen LogP contribution in [0.2, 0.25) is 0 Å². The lowest BCUT2D eigenvalue weighted by Crippen LogP contribution is -2.40. The molecule has 11 nitrogen and oxygen atoms in total. The largest absolute Gasteiger partial charge is 0.481 e. The first-order valence-electron chi connectivity index (χ1n) is 10.4. The summed E-state index contributed by atoms with van der Waals surface area (Å²) in [7, 11) is -0.230. The van der Waals surface area contributed by atoms with Gasteiger partial charge >= 0.3 is 6.03 Å². The van der Waals surface area contributed by atoms with Crippen molar-refractivity contribution in [2.24, 2.45) is 9.50 Å². The Morgan fingerprint density at radius 3 is 2.69 bits per heavy atom. The average Bonchev–Trinajstić information content (AvgIpc) is 3.17. The molecule has 12 heteroatoms. The van der Waals surface area contributed by atoms with E-state index >= 15 is 0 Å². The lowest BCUT2D eigenvalue weighted by atomic mass is 9.97. The van der Waals surface area contributed by atoms with Crippen LogP contribution in [0.25, 0.3) is 0 Å². The SMILES string of the molecule is CNC1COc2c(S(N)(=O)=NC(=O)Nc3c(C(C)C)cc(OC)nc3C(C)C)cnn2C1. The zero-order chi connectivity index (χ0) is 23.6. The first-order chi connectivity index (χ1) is 15.1. The molecule has 0 aliphatic carbocycles. The molecule has 2 aromatic heterocycles. The molecule has 32 heavy (non-hydrogen) atoms. The molecule has 0 saturated carbocycles. The number of nitrogens with two attached hydrogens (primary N) is 1. The third kappa shape index (κ3) is 4.87. The van der Waals surface area contributed by atoms with Gasteiger partial charge in [0.25, 0.3) is 0 Å². The van der Waals surface area contributed by atoms with Crippen LogP contribution in [0.1, 0.15) is 50.8 Å². The Balaban J connectivity index is 1.96. The number of urea groups is 1. The molecule has 1 aliphatic rings. The number of aromatic nitrogens is 3. The topological polar surface area (TPSA) is 146 Å². The van der Waals surface area contributed by atoms with Gasteiger partial charge in [0, 0.05) is 6.07 Å². The molecule has 3 rings (SSSR count).